The molecule has 1 heterocycles. The summed E-state index contributed by atoms with van der Waals surface area (Å²) in [6.45, 7) is 0. The second-order valence-electron chi connectivity index (χ2n) is 4.54. The van der Waals surface area contributed by atoms with Crippen molar-refractivity contribution in [3.63, 3.8) is 0 Å². The van der Waals surface area contributed by atoms with Crippen molar-refractivity contribution in [2.45, 2.75) is 0 Å². The molecule has 3 aromatic rings. The summed E-state index contributed by atoms with van der Waals surface area (Å²) in [4.78, 5) is 0. The minimum Gasteiger partial charge on any atom is -0.0934 e. The van der Waals surface area contributed by atoms with Crippen LogP contribution < -0.4 is 4.68 Å². The average molecular weight is 247 g/mol. The monoisotopic (exact) mass is 247 g/mol. The molecule has 3 rings (SSSR count). The molecule has 1 aromatic heterocycles. The third-order valence-corrected chi connectivity index (χ3v) is 3.13. The van der Waals surface area contributed by atoms with E-state index in [2.05, 4.69) is 59.7 Å². The summed E-state index contributed by atoms with van der Waals surface area (Å²) in [6, 6.07) is 16.8. The van der Waals surface area contributed by atoms with Crippen LogP contribution in [0.3, 0.4) is 0 Å². The van der Waals surface area contributed by atoms with Gasteiger partial charge in [-0.2, -0.15) is 0 Å². The number of rotatable bonds is 2. The quantitative estimate of drug-likeness (QED) is 0.635. The maximum atomic E-state index is 4.13. The van der Waals surface area contributed by atoms with Crippen LogP contribution in [0.4, 0.5) is 0 Å². The number of fused-ring (bicyclic) bond motifs is 1. The first-order chi connectivity index (χ1) is 9.33. The minimum atomic E-state index is 1.14. The van der Waals surface area contributed by atoms with Crippen LogP contribution in [0.1, 0.15) is 11.1 Å². The minimum absolute atomic E-state index is 1.14. The number of nitrogens with zero attached hydrogens (tertiary/aromatic N) is 2. The van der Waals surface area contributed by atoms with Crippen molar-refractivity contribution in [2.24, 2.45) is 7.05 Å². The molecule has 0 aliphatic heterocycles. The molecule has 0 spiro atoms. The molecule has 0 aliphatic rings. The van der Waals surface area contributed by atoms with E-state index in [1.807, 2.05) is 30.2 Å². The van der Waals surface area contributed by atoms with Gasteiger partial charge >= 0.3 is 0 Å². The smallest absolute Gasteiger partial charge is 0.0934 e. The highest BCUT2D eigenvalue weighted by atomic mass is 15.2. The molecule has 2 nitrogen and oxygen atoms in total. The molecule has 0 bridgehead atoms. The standard InChI is InChI=1S/C17H15N2/c1-19-13-14(11-12-18-19)9-10-16-7-4-6-15-5-2-3-8-17(15)16/h2-13H,1H3/q+1/b10-9+. The van der Waals surface area contributed by atoms with Crippen molar-refractivity contribution >= 4 is 22.9 Å². The predicted molar refractivity (Wildman–Crippen MR) is 78.3 cm³/mol. The van der Waals surface area contributed by atoms with Crippen molar-refractivity contribution < 1.29 is 4.68 Å². The zero-order chi connectivity index (χ0) is 13.1. The van der Waals surface area contributed by atoms with Gasteiger partial charge in [-0.25, -0.2) is 0 Å². The second-order valence-corrected chi connectivity index (χ2v) is 4.54. The molecule has 0 unspecified atom stereocenters. The highest BCUT2D eigenvalue weighted by Crippen LogP contribution is 2.20. The third-order valence-electron chi connectivity index (χ3n) is 3.13. The number of aromatic nitrogens is 2. The maximum Gasteiger partial charge on any atom is 0.203 e. The lowest BCUT2D eigenvalue weighted by atomic mass is 10.0. The molecule has 0 atom stereocenters. The third kappa shape index (κ3) is 2.52. The lowest BCUT2D eigenvalue weighted by molar-refractivity contribution is -0.731. The van der Waals surface area contributed by atoms with E-state index in [1.54, 1.807) is 0 Å². The molecular weight excluding hydrogens is 232 g/mol. The van der Waals surface area contributed by atoms with Crippen molar-refractivity contribution in [3.8, 4) is 0 Å². The van der Waals surface area contributed by atoms with Gasteiger partial charge in [0.1, 0.15) is 0 Å². The summed E-state index contributed by atoms with van der Waals surface area (Å²) in [7, 11) is 1.93. The molecule has 2 heteroatoms. The second kappa shape index (κ2) is 5.02. The van der Waals surface area contributed by atoms with Crippen LogP contribution in [-0.4, -0.2) is 5.10 Å². The predicted octanol–water partition coefficient (Wildman–Crippen LogP) is 3.23. The van der Waals surface area contributed by atoms with E-state index in [-0.39, 0.29) is 0 Å². The van der Waals surface area contributed by atoms with E-state index in [4.69, 9.17) is 0 Å². The van der Waals surface area contributed by atoms with Gasteiger partial charge in [0, 0.05) is 5.56 Å². The average Bonchev–Trinajstić information content (AvgIpc) is 2.45. The van der Waals surface area contributed by atoms with Crippen molar-refractivity contribution in [2.75, 3.05) is 0 Å². The number of hydrogen-bond acceptors (Lipinski definition) is 1. The first-order valence-corrected chi connectivity index (χ1v) is 6.31. The first-order valence-electron chi connectivity index (χ1n) is 6.31. The van der Waals surface area contributed by atoms with Gasteiger partial charge in [-0.15, -0.1) is 0 Å². The van der Waals surface area contributed by atoms with E-state index < -0.39 is 0 Å². The van der Waals surface area contributed by atoms with Crippen LogP contribution >= 0.6 is 0 Å². The van der Waals surface area contributed by atoms with Crippen molar-refractivity contribution in [3.05, 3.63) is 72.1 Å². The van der Waals surface area contributed by atoms with Crippen LogP contribution in [0.25, 0.3) is 22.9 Å². The molecule has 0 saturated heterocycles. The zero-order valence-electron chi connectivity index (χ0n) is 10.8. The van der Waals surface area contributed by atoms with E-state index in [0.29, 0.717) is 0 Å². The van der Waals surface area contributed by atoms with Gasteiger partial charge in [-0.3, -0.25) is 0 Å². The van der Waals surface area contributed by atoms with Crippen molar-refractivity contribution in [1.29, 1.82) is 0 Å². The van der Waals surface area contributed by atoms with Crippen LogP contribution in [-0.2, 0) is 7.05 Å². The first kappa shape index (κ1) is 11.6. The molecule has 0 aliphatic carbocycles. The maximum absolute atomic E-state index is 4.13. The molecule has 19 heavy (non-hydrogen) atoms. The normalized spacial score (nSPS) is 11.2. The van der Waals surface area contributed by atoms with Crippen LogP contribution in [0.2, 0.25) is 0 Å². The van der Waals surface area contributed by atoms with E-state index >= 15 is 0 Å². The highest BCUT2D eigenvalue weighted by Gasteiger charge is 1.98. The van der Waals surface area contributed by atoms with Crippen LogP contribution in [0.15, 0.2) is 60.9 Å². The molecule has 92 valence electrons. The topological polar surface area (TPSA) is 16.8 Å². The Hall–Kier alpha value is -2.48. The Labute approximate surface area is 112 Å². The largest absolute Gasteiger partial charge is 0.203 e. The van der Waals surface area contributed by atoms with Gasteiger partial charge in [0.05, 0.1) is 6.20 Å². The molecule has 0 saturated carbocycles. The highest BCUT2D eigenvalue weighted by molar-refractivity contribution is 5.92. The lowest BCUT2D eigenvalue weighted by Gasteiger charge is -2.01. The van der Waals surface area contributed by atoms with Gasteiger partial charge in [-0.05, 0) is 33.6 Å². The Balaban J connectivity index is 2.02. The van der Waals surface area contributed by atoms with E-state index in [1.165, 1.54) is 16.3 Å². The molecule has 0 radical (unpaired) electrons. The van der Waals surface area contributed by atoms with Gasteiger partial charge in [0.25, 0.3) is 0 Å². The molecule has 0 N–H and O–H groups in total. The summed E-state index contributed by atoms with van der Waals surface area (Å²) in [5.74, 6) is 0. The fourth-order valence-corrected chi connectivity index (χ4v) is 2.20. The Morgan fingerprint density at radius 2 is 1.79 bits per heavy atom. The number of hydrogen-bond donors (Lipinski definition) is 0. The fourth-order valence-electron chi connectivity index (χ4n) is 2.20. The summed E-state index contributed by atoms with van der Waals surface area (Å²) in [5.41, 5.74) is 2.38. The summed E-state index contributed by atoms with van der Waals surface area (Å²) in [5, 5.41) is 6.67. The van der Waals surface area contributed by atoms with Gasteiger partial charge in [-0.1, -0.05) is 53.2 Å². The van der Waals surface area contributed by atoms with E-state index in [9.17, 15) is 0 Å². The van der Waals surface area contributed by atoms with Gasteiger partial charge in [0.2, 0.25) is 6.20 Å². The zero-order valence-corrected chi connectivity index (χ0v) is 10.8. The van der Waals surface area contributed by atoms with Crippen molar-refractivity contribution in [1.82, 2.24) is 5.10 Å². The van der Waals surface area contributed by atoms with E-state index in [0.717, 1.165) is 5.56 Å². The Kier molecular flexibility index (Phi) is 3.07. The fraction of sp³-hybridized carbons (Fsp3) is 0.0588. The lowest BCUT2D eigenvalue weighted by Crippen LogP contribution is -2.31. The van der Waals surface area contributed by atoms with Gasteiger partial charge in [0.15, 0.2) is 7.05 Å². The molecule has 2 aromatic carbocycles. The molecular formula is C17H15N2+. The summed E-state index contributed by atoms with van der Waals surface area (Å²) < 4.78 is 1.81. The van der Waals surface area contributed by atoms with Crippen LogP contribution in [0.5, 0.6) is 0 Å². The Morgan fingerprint density at radius 3 is 2.68 bits per heavy atom. The van der Waals surface area contributed by atoms with Crippen LogP contribution in [0, 0.1) is 0 Å². The Morgan fingerprint density at radius 1 is 0.947 bits per heavy atom. The molecule has 0 amide bonds. The summed E-state index contributed by atoms with van der Waals surface area (Å²) >= 11 is 0. The Bertz CT molecular complexity index is 740. The number of benzene rings is 2. The SMILES string of the molecule is C[n+]1cc(/C=C/c2cccc3ccccc23)ccn1. The van der Waals surface area contributed by atoms with Gasteiger partial charge < -0.3 is 0 Å². The molecule has 0 fully saturated rings. The number of aryl methyl sites for hydroxylation is 1. The summed E-state index contributed by atoms with van der Waals surface area (Å²) in [6.07, 6.45) is 8.07.